The fourth-order valence-electron chi connectivity index (χ4n) is 4.95. The van der Waals surface area contributed by atoms with Crippen LogP contribution in [0.3, 0.4) is 0 Å². The van der Waals surface area contributed by atoms with Gasteiger partial charge in [-0.3, -0.25) is 4.79 Å². The third-order valence-corrected chi connectivity index (χ3v) is 7.67. The summed E-state index contributed by atoms with van der Waals surface area (Å²) in [7, 11) is 0. The van der Waals surface area contributed by atoms with Crippen LogP contribution < -0.4 is 0 Å². The van der Waals surface area contributed by atoms with E-state index in [1.54, 1.807) is 0 Å². The molecule has 4 unspecified atom stereocenters. The molecule has 30 heavy (non-hydrogen) atoms. The van der Waals surface area contributed by atoms with Crippen LogP contribution in [-0.2, 0) is 25.6 Å². The van der Waals surface area contributed by atoms with Gasteiger partial charge in [-0.25, -0.2) is 0 Å². The number of carbonyl (C=O) groups is 1. The second-order valence-corrected chi connectivity index (χ2v) is 12.6. The molecule has 3 nitrogen and oxygen atoms in total. The summed E-state index contributed by atoms with van der Waals surface area (Å²) >= 11 is 5.32. The molecule has 0 N–H and O–H groups in total. The number of Topliss-reactive ketones (excluding diaryl/α,β-unsaturated/α-hetero) is 1. The molecule has 1 saturated carbocycles. The van der Waals surface area contributed by atoms with Crippen molar-refractivity contribution < 1.29 is 27.0 Å². The highest BCUT2D eigenvalue weighted by atomic mass is 32.5. The van der Waals surface area contributed by atoms with Gasteiger partial charge in [0.2, 0.25) is 6.49 Å². The first-order valence-electron chi connectivity index (χ1n) is 10.2. The van der Waals surface area contributed by atoms with E-state index in [9.17, 15) is 18.0 Å². The van der Waals surface area contributed by atoms with Crippen molar-refractivity contribution in [2.45, 2.75) is 53.1 Å². The molecule has 0 bridgehead atoms. The summed E-state index contributed by atoms with van der Waals surface area (Å²) < 4.78 is 49.1. The highest BCUT2D eigenvalue weighted by Gasteiger charge is 2.49. The van der Waals surface area contributed by atoms with Gasteiger partial charge in [0.15, 0.2) is 12.4 Å². The molecular formula is C22H28F3O3PS. The Morgan fingerprint density at radius 2 is 1.77 bits per heavy atom. The molecule has 1 fully saturated rings. The molecule has 0 spiro atoms. The van der Waals surface area contributed by atoms with Crippen molar-refractivity contribution in [2.24, 2.45) is 17.8 Å². The minimum absolute atomic E-state index is 0.0167. The van der Waals surface area contributed by atoms with Gasteiger partial charge in [0.05, 0.1) is 5.57 Å². The molecule has 8 heteroatoms. The lowest BCUT2D eigenvalue weighted by atomic mass is 9.73. The van der Waals surface area contributed by atoms with Gasteiger partial charge in [-0.2, -0.15) is 13.2 Å². The highest BCUT2D eigenvalue weighted by Crippen LogP contribution is 2.57. The predicted molar refractivity (Wildman–Crippen MR) is 116 cm³/mol. The zero-order valence-electron chi connectivity index (χ0n) is 17.9. The van der Waals surface area contributed by atoms with Crippen LogP contribution in [0.15, 0.2) is 17.9 Å². The summed E-state index contributed by atoms with van der Waals surface area (Å²) in [5.41, 5.74) is 4.28. The van der Waals surface area contributed by atoms with Crippen LogP contribution in [0, 0.1) is 38.5 Å². The van der Waals surface area contributed by atoms with Crippen LogP contribution in [-0.4, -0.2) is 25.2 Å². The molecule has 0 radical (unpaired) electrons. The second kappa shape index (κ2) is 8.40. The maximum atomic E-state index is 13.6. The Hall–Kier alpha value is -1.17. The molecule has 1 aromatic rings. The van der Waals surface area contributed by atoms with E-state index in [0.717, 1.165) is 41.5 Å². The minimum atomic E-state index is -4.49. The van der Waals surface area contributed by atoms with E-state index >= 15 is 0 Å². The molecule has 3 rings (SSSR count). The topological polar surface area (TPSA) is 35.5 Å². The fraction of sp³-hybridized carbons (Fsp3) is 0.591. The Morgan fingerprint density at radius 3 is 2.33 bits per heavy atom. The van der Waals surface area contributed by atoms with Crippen LogP contribution in [0.1, 0.15) is 48.4 Å². The summed E-state index contributed by atoms with van der Waals surface area (Å²) in [5, 5.41) is 0. The highest BCUT2D eigenvalue weighted by molar-refractivity contribution is 8.09. The Kier molecular flexibility index (Phi) is 6.58. The summed E-state index contributed by atoms with van der Waals surface area (Å²) in [4.78, 5) is 13.6. The summed E-state index contributed by atoms with van der Waals surface area (Å²) in [6, 6.07) is 4.02. The number of hydrogen-bond acceptors (Lipinski definition) is 4. The Bertz CT molecular complexity index is 915. The molecule has 0 aliphatic heterocycles. The normalized spacial score (nSPS) is 26.5. The molecule has 4 atom stereocenters. The molecule has 0 amide bonds. The SMILES string of the molecule is Cc1cc(C)c(C2=C(OP(C)(=S)OCC(F)(F)F)C3CCCC(C)C3C2=O)c(C)c1. The van der Waals surface area contributed by atoms with E-state index in [1.165, 1.54) is 6.66 Å². The maximum absolute atomic E-state index is 13.6. The van der Waals surface area contributed by atoms with Gasteiger partial charge in [0.1, 0.15) is 5.76 Å². The largest absolute Gasteiger partial charge is 0.447 e. The number of alkyl halides is 3. The third kappa shape index (κ3) is 4.84. The van der Waals surface area contributed by atoms with E-state index in [0.29, 0.717) is 11.3 Å². The van der Waals surface area contributed by atoms with E-state index in [2.05, 4.69) is 6.92 Å². The van der Waals surface area contributed by atoms with Crippen LogP contribution in [0.25, 0.3) is 5.57 Å². The molecule has 0 heterocycles. The van der Waals surface area contributed by atoms with Gasteiger partial charge in [0.25, 0.3) is 0 Å². The fourth-order valence-corrected chi connectivity index (χ4v) is 6.37. The lowest BCUT2D eigenvalue weighted by Crippen LogP contribution is -2.29. The Balaban J connectivity index is 2.10. The lowest BCUT2D eigenvalue weighted by Gasteiger charge is -2.32. The first-order valence-corrected chi connectivity index (χ1v) is 13.2. The first kappa shape index (κ1) is 23.5. The van der Waals surface area contributed by atoms with E-state index < -0.39 is 19.3 Å². The molecule has 0 aromatic heterocycles. The minimum Gasteiger partial charge on any atom is -0.447 e. The van der Waals surface area contributed by atoms with Gasteiger partial charge >= 0.3 is 6.18 Å². The zero-order chi connectivity index (χ0) is 22.4. The number of aryl methyl sites for hydroxylation is 3. The average Bonchev–Trinajstić information content (AvgIpc) is 2.85. The van der Waals surface area contributed by atoms with Crippen molar-refractivity contribution in [1.29, 1.82) is 0 Å². The average molecular weight is 460 g/mol. The van der Waals surface area contributed by atoms with Crippen molar-refractivity contribution in [3.8, 4) is 0 Å². The number of hydrogen-bond donors (Lipinski definition) is 0. The molecule has 166 valence electrons. The number of benzene rings is 1. The van der Waals surface area contributed by atoms with Gasteiger partial charge in [0, 0.05) is 18.5 Å². The maximum Gasteiger partial charge on any atom is 0.412 e. The molecular weight excluding hydrogens is 432 g/mol. The Morgan fingerprint density at radius 1 is 1.17 bits per heavy atom. The van der Waals surface area contributed by atoms with Crippen LogP contribution >= 0.6 is 6.49 Å². The van der Waals surface area contributed by atoms with Crippen molar-refractivity contribution >= 4 is 29.7 Å². The van der Waals surface area contributed by atoms with Crippen molar-refractivity contribution in [1.82, 2.24) is 0 Å². The Labute approximate surface area is 181 Å². The number of fused-ring (bicyclic) bond motifs is 1. The molecule has 2 aliphatic carbocycles. The van der Waals surface area contributed by atoms with Crippen molar-refractivity contribution in [2.75, 3.05) is 13.3 Å². The van der Waals surface area contributed by atoms with Gasteiger partial charge < -0.3 is 9.05 Å². The molecule has 2 aliphatic rings. The van der Waals surface area contributed by atoms with Gasteiger partial charge in [-0.05, 0) is 68.0 Å². The van der Waals surface area contributed by atoms with Crippen LogP contribution in [0.2, 0.25) is 0 Å². The summed E-state index contributed by atoms with van der Waals surface area (Å²) in [5.74, 6) is 0.265. The monoisotopic (exact) mass is 460 g/mol. The van der Waals surface area contributed by atoms with E-state index in [-0.39, 0.29) is 23.5 Å². The molecule has 1 aromatic carbocycles. The van der Waals surface area contributed by atoms with Crippen LogP contribution in [0.5, 0.6) is 0 Å². The van der Waals surface area contributed by atoms with E-state index in [1.807, 2.05) is 32.9 Å². The zero-order valence-corrected chi connectivity index (χ0v) is 19.6. The third-order valence-electron chi connectivity index (χ3n) is 6.01. The van der Waals surface area contributed by atoms with Gasteiger partial charge in [-0.1, -0.05) is 31.0 Å². The molecule has 0 saturated heterocycles. The summed E-state index contributed by atoms with van der Waals surface area (Å²) in [6.45, 7) is 4.65. The van der Waals surface area contributed by atoms with Crippen molar-refractivity contribution in [3.05, 3.63) is 40.1 Å². The quantitative estimate of drug-likeness (QED) is 0.471. The van der Waals surface area contributed by atoms with E-state index in [4.69, 9.17) is 20.9 Å². The number of carbonyl (C=O) groups excluding carboxylic acids is 1. The van der Waals surface area contributed by atoms with Crippen molar-refractivity contribution in [3.63, 3.8) is 0 Å². The lowest BCUT2D eigenvalue weighted by molar-refractivity contribution is -0.153. The first-order chi connectivity index (χ1) is 13.8. The number of ketones is 1. The smallest absolute Gasteiger partial charge is 0.412 e. The number of rotatable bonds is 5. The standard InChI is InChI=1S/C22H28F3O3PS/c1-12-9-14(3)17(15(4)10-12)19-20(26)18-13(2)7-6-8-16(18)21(19)28-29(5,30)27-11-22(23,24)25/h9-10,13,16,18H,6-8,11H2,1-5H3. The van der Waals surface area contributed by atoms with Crippen LogP contribution in [0.4, 0.5) is 13.2 Å². The number of halogens is 3. The predicted octanol–water partition coefficient (Wildman–Crippen LogP) is 6.49. The van der Waals surface area contributed by atoms with Gasteiger partial charge in [-0.15, -0.1) is 0 Å². The number of allylic oxidation sites excluding steroid dienone is 2. The second-order valence-electron chi connectivity index (χ2n) is 8.67. The summed E-state index contributed by atoms with van der Waals surface area (Å²) in [6.07, 6.45) is -1.84.